The standard InChI is InChI=1S/C24H17Cl4FN2O2/c1-12-7-17(29)5-6-19(12)31-22(32)13-3-2-4-18(10-13)30-23(33)21-20(24(21,27)28)14-8-15(25)11-16(26)9-14/h2-11,20-21H,1H3,(H,30,33)(H,31,32)/t20-,21+/m1/s1. The van der Waals surface area contributed by atoms with E-state index in [4.69, 9.17) is 46.4 Å². The number of alkyl halides is 2. The first-order chi connectivity index (χ1) is 15.6. The summed E-state index contributed by atoms with van der Waals surface area (Å²) in [4.78, 5) is 25.6. The van der Waals surface area contributed by atoms with Crippen LogP contribution in [0.1, 0.15) is 27.4 Å². The van der Waals surface area contributed by atoms with E-state index >= 15 is 0 Å². The number of nitrogens with one attached hydrogen (secondary N) is 2. The molecule has 2 amide bonds. The molecular formula is C24H17Cl4FN2O2. The predicted octanol–water partition coefficient (Wildman–Crippen LogP) is 7.22. The van der Waals surface area contributed by atoms with Gasteiger partial charge < -0.3 is 10.6 Å². The molecule has 4 nitrogen and oxygen atoms in total. The summed E-state index contributed by atoms with van der Waals surface area (Å²) in [6.45, 7) is 1.69. The van der Waals surface area contributed by atoms with Crippen LogP contribution in [-0.4, -0.2) is 16.1 Å². The van der Waals surface area contributed by atoms with E-state index in [2.05, 4.69) is 10.6 Å². The molecule has 1 saturated carbocycles. The van der Waals surface area contributed by atoms with E-state index in [1.165, 1.54) is 24.3 Å². The van der Waals surface area contributed by atoms with Gasteiger partial charge in [-0.2, -0.15) is 0 Å². The molecule has 4 rings (SSSR count). The molecule has 1 aliphatic rings. The zero-order valence-electron chi connectivity index (χ0n) is 17.1. The van der Waals surface area contributed by atoms with Crippen LogP contribution in [0, 0.1) is 18.7 Å². The minimum atomic E-state index is -1.31. The van der Waals surface area contributed by atoms with Gasteiger partial charge in [-0.15, -0.1) is 23.2 Å². The first-order valence-corrected chi connectivity index (χ1v) is 11.4. The van der Waals surface area contributed by atoms with Gasteiger partial charge in [0.1, 0.15) is 10.2 Å². The maximum absolute atomic E-state index is 13.3. The Hall–Kier alpha value is -2.31. The lowest BCUT2D eigenvalue weighted by Gasteiger charge is -2.10. The zero-order valence-corrected chi connectivity index (χ0v) is 20.2. The van der Waals surface area contributed by atoms with Gasteiger partial charge in [0.05, 0.1) is 5.92 Å². The summed E-state index contributed by atoms with van der Waals surface area (Å²) in [6, 6.07) is 15.4. The number of anilines is 2. The van der Waals surface area contributed by atoms with Gasteiger partial charge in [-0.3, -0.25) is 9.59 Å². The van der Waals surface area contributed by atoms with Gasteiger partial charge in [-0.25, -0.2) is 4.39 Å². The van der Waals surface area contributed by atoms with Crippen molar-refractivity contribution in [2.45, 2.75) is 17.2 Å². The number of benzene rings is 3. The molecule has 0 heterocycles. The lowest BCUT2D eigenvalue weighted by Crippen LogP contribution is -2.18. The largest absolute Gasteiger partial charge is 0.326 e. The normalized spacial score (nSPS) is 18.5. The monoisotopic (exact) mass is 524 g/mol. The molecule has 3 aromatic carbocycles. The highest BCUT2D eigenvalue weighted by atomic mass is 35.5. The summed E-state index contributed by atoms with van der Waals surface area (Å²) in [7, 11) is 0. The zero-order chi connectivity index (χ0) is 23.9. The van der Waals surface area contributed by atoms with Crippen molar-refractivity contribution in [2.24, 2.45) is 5.92 Å². The van der Waals surface area contributed by atoms with Crippen LogP contribution in [0.25, 0.3) is 0 Å². The van der Waals surface area contributed by atoms with Crippen LogP contribution in [0.15, 0.2) is 60.7 Å². The van der Waals surface area contributed by atoms with Crippen LogP contribution >= 0.6 is 46.4 Å². The molecule has 1 fully saturated rings. The Bertz CT molecular complexity index is 1240. The molecule has 0 spiro atoms. The van der Waals surface area contributed by atoms with Crippen LogP contribution in [0.5, 0.6) is 0 Å². The van der Waals surface area contributed by atoms with E-state index in [9.17, 15) is 14.0 Å². The van der Waals surface area contributed by atoms with Gasteiger partial charge in [0.15, 0.2) is 0 Å². The summed E-state index contributed by atoms with van der Waals surface area (Å²) in [6.07, 6.45) is 0. The van der Waals surface area contributed by atoms with Gasteiger partial charge in [-0.05, 0) is 72.6 Å². The van der Waals surface area contributed by atoms with Crippen molar-refractivity contribution < 1.29 is 14.0 Å². The van der Waals surface area contributed by atoms with Crippen molar-refractivity contribution in [1.29, 1.82) is 0 Å². The molecule has 0 saturated heterocycles. The maximum Gasteiger partial charge on any atom is 0.255 e. The predicted molar refractivity (Wildman–Crippen MR) is 131 cm³/mol. The molecule has 0 unspecified atom stereocenters. The number of amides is 2. The fourth-order valence-electron chi connectivity index (χ4n) is 3.74. The maximum atomic E-state index is 13.3. The third-order valence-corrected chi connectivity index (χ3v) is 6.79. The van der Waals surface area contributed by atoms with Crippen molar-refractivity contribution in [3.63, 3.8) is 0 Å². The summed E-state index contributed by atoms with van der Waals surface area (Å²) in [5, 5.41) is 6.34. The van der Waals surface area contributed by atoms with Crippen LogP contribution in [0.3, 0.4) is 0 Å². The molecule has 0 bridgehead atoms. The molecule has 9 heteroatoms. The number of carbonyl (C=O) groups is 2. The molecule has 170 valence electrons. The van der Waals surface area contributed by atoms with E-state index < -0.39 is 28.0 Å². The Kier molecular flexibility index (Phi) is 6.61. The van der Waals surface area contributed by atoms with Gasteiger partial charge in [0, 0.05) is 32.9 Å². The minimum absolute atomic E-state index is 0.313. The lowest BCUT2D eigenvalue weighted by atomic mass is 10.1. The van der Waals surface area contributed by atoms with E-state index in [0.717, 1.165) is 0 Å². The second-order valence-corrected chi connectivity index (χ2v) is 10.1. The summed E-state index contributed by atoms with van der Waals surface area (Å²) in [5.41, 5.74) is 2.47. The number of rotatable bonds is 5. The van der Waals surface area contributed by atoms with E-state index in [-0.39, 0.29) is 5.82 Å². The minimum Gasteiger partial charge on any atom is -0.326 e. The average molecular weight is 526 g/mol. The highest BCUT2D eigenvalue weighted by Gasteiger charge is 2.67. The Labute approximate surface area is 210 Å². The third kappa shape index (κ3) is 5.12. The van der Waals surface area contributed by atoms with Crippen LogP contribution < -0.4 is 10.6 Å². The van der Waals surface area contributed by atoms with Crippen molar-refractivity contribution in [3.8, 4) is 0 Å². The summed E-state index contributed by atoms with van der Waals surface area (Å²) in [5.74, 6) is -2.39. The summed E-state index contributed by atoms with van der Waals surface area (Å²) < 4.78 is 12.0. The Balaban J connectivity index is 1.48. The van der Waals surface area contributed by atoms with Crippen molar-refractivity contribution in [2.75, 3.05) is 10.6 Å². The first-order valence-electron chi connectivity index (χ1n) is 9.88. The second kappa shape index (κ2) is 9.15. The third-order valence-electron chi connectivity index (χ3n) is 5.41. The van der Waals surface area contributed by atoms with Crippen molar-refractivity contribution in [3.05, 3.63) is 93.2 Å². The number of hydrogen-bond donors (Lipinski definition) is 2. The summed E-state index contributed by atoms with van der Waals surface area (Å²) >= 11 is 24.9. The van der Waals surface area contributed by atoms with E-state index in [1.54, 1.807) is 43.3 Å². The quantitative estimate of drug-likeness (QED) is 0.345. The molecule has 1 aliphatic carbocycles. The van der Waals surface area contributed by atoms with Crippen LogP contribution in [-0.2, 0) is 4.79 Å². The van der Waals surface area contributed by atoms with Gasteiger partial charge >= 0.3 is 0 Å². The lowest BCUT2D eigenvalue weighted by molar-refractivity contribution is -0.117. The van der Waals surface area contributed by atoms with E-state index in [1.807, 2.05) is 0 Å². The fraction of sp³-hybridized carbons (Fsp3) is 0.167. The topological polar surface area (TPSA) is 58.2 Å². The molecule has 0 aliphatic heterocycles. The number of halogens is 5. The Morgan fingerprint density at radius 3 is 2.30 bits per heavy atom. The highest BCUT2D eigenvalue weighted by molar-refractivity contribution is 6.53. The van der Waals surface area contributed by atoms with E-state index in [0.29, 0.717) is 38.1 Å². The molecule has 2 atom stereocenters. The average Bonchev–Trinajstić information content (AvgIpc) is 3.31. The van der Waals surface area contributed by atoms with Crippen molar-refractivity contribution >= 4 is 69.6 Å². The fourth-order valence-corrected chi connectivity index (χ4v) is 5.11. The molecule has 0 aromatic heterocycles. The number of carbonyl (C=O) groups excluding carboxylic acids is 2. The second-order valence-electron chi connectivity index (χ2n) is 7.82. The highest BCUT2D eigenvalue weighted by Crippen LogP contribution is 2.65. The molecule has 3 aromatic rings. The van der Waals surface area contributed by atoms with Crippen molar-refractivity contribution in [1.82, 2.24) is 0 Å². The number of hydrogen-bond acceptors (Lipinski definition) is 2. The Morgan fingerprint density at radius 1 is 0.939 bits per heavy atom. The van der Waals surface area contributed by atoms with Gasteiger partial charge in [0.25, 0.3) is 5.91 Å². The molecule has 0 radical (unpaired) electrons. The van der Waals surface area contributed by atoms with Gasteiger partial charge in [-0.1, -0.05) is 29.3 Å². The first kappa shape index (κ1) is 23.8. The molecule has 2 N–H and O–H groups in total. The molecular weight excluding hydrogens is 509 g/mol. The SMILES string of the molecule is Cc1cc(F)ccc1NC(=O)c1cccc(NC(=O)[C@@H]2[C@@H](c3cc(Cl)cc(Cl)c3)C2(Cl)Cl)c1. The molecule has 33 heavy (non-hydrogen) atoms. The number of aryl methyl sites for hydroxylation is 1. The Morgan fingerprint density at radius 2 is 1.64 bits per heavy atom. The van der Waals surface area contributed by atoms with Crippen LogP contribution in [0.4, 0.5) is 15.8 Å². The smallest absolute Gasteiger partial charge is 0.255 e. The van der Waals surface area contributed by atoms with Gasteiger partial charge in [0.2, 0.25) is 5.91 Å². The van der Waals surface area contributed by atoms with Crippen LogP contribution in [0.2, 0.25) is 10.0 Å².